The molecule has 1 amide bonds. The average Bonchev–Trinajstić information content (AvgIpc) is 2.72. The zero-order valence-corrected chi connectivity index (χ0v) is 11.3. The number of carbonyl (C=O) groups is 1. The average molecular weight is 249 g/mol. The molecule has 0 unspecified atom stereocenters. The van der Waals surface area contributed by atoms with Crippen molar-refractivity contribution < 1.29 is 9.53 Å². The Morgan fingerprint density at radius 2 is 2.22 bits per heavy atom. The van der Waals surface area contributed by atoms with Crippen LogP contribution in [0.4, 0.5) is 10.6 Å². The van der Waals surface area contributed by atoms with E-state index in [1.807, 2.05) is 37.7 Å². The highest BCUT2D eigenvalue weighted by atomic mass is 16.6. The number of anilines is 1. The maximum atomic E-state index is 12.2. The van der Waals surface area contributed by atoms with Crippen molar-refractivity contribution in [3.8, 4) is 0 Å². The summed E-state index contributed by atoms with van der Waals surface area (Å²) in [5, 5.41) is 4.21. The van der Waals surface area contributed by atoms with Gasteiger partial charge in [0.05, 0.1) is 12.7 Å². The minimum Gasteiger partial charge on any atom is -0.443 e. The molecule has 0 radical (unpaired) electrons. The van der Waals surface area contributed by atoms with Crippen LogP contribution in [0.25, 0.3) is 0 Å². The number of fused-ring (bicyclic) bond motifs is 1. The first-order valence-electron chi connectivity index (χ1n) is 6.14. The van der Waals surface area contributed by atoms with E-state index in [2.05, 4.69) is 12.0 Å². The second-order valence-electron chi connectivity index (χ2n) is 5.34. The summed E-state index contributed by atoms with van der Waals surface area (Å²) in [5.74, 6) is 0.751. The van der Waals surface area contributed by atoms with Crippen molar-refractivity contribution in [1.82, 2.24) is 9.78 Å². The zero-order chi connectivity index (χ0) is 13.3. The Morgan fingerprint density at radius 3 is 2.83 bits per heavy atom. The van der Waals surface area contributed by atoms with Crippen LogP contribution in [-0.4, -0.2) is 21.5 Å². The lowest BCUT2D eigenvalue weighted by atomic mass is 10.2. The molecule has 2 heterocycles. The molecule has 0 spiro atoms. The van der Waals surface area contributed by atoms with Crippen LogP contribution in [0.5, 0.6) is 0 Å². The minimum atomic E-state index is -0.500. The molecule has 98 valence electrons. The van der Waals surface area contributed by atoms with Gasteiger partial charge in [-0.25, -0.2) is 14.4 Å². The van der Waals surface area contributed by atoms with Crippen molar-refractivity contribution in [2.45, 2.75) is 46.3 Å². The molecule has 0 aromatic carbocycles. The van der Waals surface area contributed by atoms with Crippen LogP contribution in [0.3, 0.4) is 0 Å². The van der Waals surface area contributed by atoms with Crippen LogP contribution in [0.2, 0.25) is 0 Å². The summed E-state index contributed by atoms with van der Waals surface area (Å²) >= 11 is 0. The van der Waals surface area contributed by atoms with Crippen molar-refractivity contribution in [2.75, 3.05) is 4.90 Å². The van der Waals surface area contributed by atoms with Gasteiger partial charge in [-0.05, 0) is 32.8 Å². The standard InChI is InChI=1S/C13H19N3O2/c1-5-10-8-15(12(17)18-13(2,3)4)11-6-7-14-16(11)9-10/h6-8H,5,9H2,1-4H3. The van der Waals surface area contributed by atoms with Gasteiger partial charge >= 0.3 is 6.09 Å². The van der Waals surface area contributed by atoms with Gasteiger partial charge in [-0.1, -0.05) is 6.92 Å². The molecule has 0 bridgehead atoms. The summed E-state index contributed by atoms with van der Waals surface area (Å²) < 4.78 is 7.21. The van der Waals surface area contributed by atoms with Gasteiger partial charge in [-0.15, -0.1) is 0 Å². The van der Waals surface area contributed by atoms with Crippen LogP contribution < -0.4 is 4.90 Å². The van der Waals surface area contributed by atoms with Crippen molar-refractivity contribution in [1.29, 1.82) is 0 Å². The predicted octanol–water partition coefficient (Wildman–Crippen LogP) is 2.93. The third kappa shape index (κ3) is 2.55. The third-order valence-electron chi connectivity index (χ3n) is 2.65. The lowest BCUT2D eigenvalue weighted by molar-refractivity contribution is 0.0592. The van der Waals surface area contributed by atoms with Gasteiger partial charge in [0.15, 0.2) is 0 Å². The Balaban J connectivity index is 2.27. The maximum absolute atomic E-state index is 12.2. The van der Waals surface area contributed by atoms with E-state index in [0.717, 1.165) is 24.4 Å². The van der Waals surface area contributed by atoms with Gasteiger partial charge < -0.3 is 4.74 Å². The SMILES string of the molecule is CCC1=CN(C(=O)OC(C)(C)C)c2ccnn2C1. The van der Waals surface area contributed by atoms with E-state index in [4.69, 9.17) is 4.74 Å². The Morgan fingerprint density at radius 1 is 1.50 bits per heavy atom. The molecule has 0 aliphatic carbocycles. The fourth-order valence-electron chi connectivity index (χ4n) is 1.79. The number of amides is 1. The van der Waals surface area contributed by atoms with Gasteiger partial charge in [0.25, 0.3) is 0 Å². The van der Waals surface area contributed by atoms with E-state index in [9.17, 15) is 4.79 Å². The quantitative estimate of drug-likeness (QED) is 0.768. The summed E-state index contributed by atoms with van der Waals surface area (Å²) in [6, 6.07) is 1.81. The molecule has 1 aromatic heterocycles. The number of carbonyl (C=O) groups excluding carboxylic acids is 1. The number of hydrogen-bond donors (Lipinski definition) is 0. The topological polar surface area (TPSA) is 47.4 Å². The van der Waals surface area contributed by atoms with Gasteiger partial charge in [0.1, 0.15) is 11.4 Å². The third-order valence-corrected chi connectivity index (χ3v) is 2.65. The number of nitrogens with zero attached hydrogens (tertiary/aromatic N) is 3. The number of allylic oxidation sites excluding steroid dienone is 1. The fourth-order valence-corrected chi connectivity index (χ4v) is 1.79. The summed E-state index contributed by atoms with van der Waals surface area (Å²) in [6.07, 6.45) is 4.07. The molecule has 1 aromatic rings. The highest BCUT2D eigenvalue weighted by Gasteiger charge is 2.27. The molecule has 2 rings (SSSR count). The monoisotopic (exact) mass is 249 g/mol. The lowest BCUT2D eigenvalue weighted by Gasteiger charge is -2.28. The first-order valence-corrected chi connectivity index (χ1v) is 6.14. The first-order chi connectivity index (χ1) is 8.40. The molecular weight excluding hydrogens is 230 g/mol. The number of hydrogen-bond acceptors (Lipinski definition) is 3. The van der Waals surface area contributed by atoms with E-state index in [1.165, 1.54) is 4.90 Å². The molecule has 5 heteroatoms. The predicted molar refractivity (Wildman–Crippen MR) is 69.3 cm³/mol. The molecule has 1 aliphatic heterocycles. The van der Waals surface area contributed by atoms with Crippen molar-refractivity contribution in [3.05, 3.63) is 24.0 Å². The normalized spacial score (nSPS) is 15.1. The minimum absolute atomic E-state index is 0.366. The Kier molecular flexibility index (Phi) is 3.15. The van der Waals surface area contributed by atoms with E-state index in [1.54, 1.807) is 6.20 Å². The summed E-state index contributed by atoms with van der Waals surface area (Å²) in [5.41, 5.74) is 0.650. The Hall–Kier alpha value is -1.78. The summed E-state index contributed by atoms with van der Waals surface area (Å²) in [7, 11) is 0. The van der Waals surface area contributed by atoms with Crippen molar-refractivity contribution in [3.63, 3.8) is 0 Å². The molecule has 0 atom stereocenters. The number of ether oxygens (including phenoxy) is 1. The second-order valence-corrected chi connectivity index (χ2v) is 5.34. The van der Waals surface area contributed by atoms with E-state index in [-0.39, 0.29) is 6.09 Å². The molecular formula is C13H19N3O2. The molecule has 18 heavy (non-hydrogen) atoms. The zero-order valence-electron chi connectivity index (χ0n) is 11.3. The van der Waals surface area contributed by atoms with Crippen molar-refractivity contribution in [2.24, 2.45) is 0 Å². The first kappa shape index (κ1) is 12.7. The summed E-state index contributed by atoms with van der Waals surface area (Å²) in [6.45, 7) is 8.37. The van der Waals surface area contributed by atoms with Gasteiger partial charge in [0.2, 0.25) is 0 Å². The molecule has 5 nitrogen and oxygen atoms in total. The van der Waals surface area contributed by atoms with Crippen molar-refractivity contribution >= 4 is 11.9 Å². The fraction of sp³-hybridized carbons (Fsp3) is 0.538. The van der Waals surface area contributed by atoms with E-state index >= 15 is 0 Å². The van der Waals surface area contributed by atoms with Crippen LogP contribution in [-0.2, 0) is 11.3 Å². The maximum Gasteiger partial charge on any atom is 0.420 e. The Labute approximate surface area is 107 Å². The van der Waals surface area contributed by atoms with Crippen LogP contribution in [0, 0.1) is 0 Å². The molecule has 0 fully saturated rings. The van der Waals surface area contributed by atoms with Gasteiger partial charge in [0, 0.05) is 12.3 Å². The number of aromatic nitrogens is 2. The van der Waals surface area contributed by atoms with E-state index in [0.29, 0.717) is 0 Å². The van der Waals surface area contributed by atoms with Gasteiger partial charge in [-0.3, -0.25) is 0 Å². The van der Waals surface area contributed by atoms with E-state index < -0.39 is 5.60 Å². The molecule has 0 saturated heterocycles. The highest BCUT2D eigenvalue weighted by Crippen LogP contribution is 2.25. The lowest BCUT2D eigenvalue weighted by Crippen LogP contribution is -2.36. The Bertz CT molecular complexity index is 483. The van der Waals surface area contributed by atoms with Crippen LogP contribution in [0.1, 0.15) is 34.1 Å². The summed E-state index contributed by atoms with van der Waals surface area (Å²) in [4.78, 5) is 13.7. The molecule has 0 N–H and O–H groups in total. The molecule has 1 aliphatic rings. The van der Waals surface area contributed by atoms with Crippen LogP contribution in [0.15, 0.2) is 24.0 Å². The van der Waals surface area contributed by atoms with Gasteiger partial charge in [-0.2, -0.15) is 5.10 Å². The largest absolute Gasteiger partial charge is 0.443 e. The smallest absolute Gasteiger partial charge is 0.420 e. The second kappa shape index (κ2) is 4.48. The highest BCUT2D eigenvalue weighted by molar-refractivity contribution is 5.89. The number of rotatable bonds is 1. The molecule has 0 saturated carbocycles. The van der Waals surface area contributed by atoms with Crippen LogP contribution >= 0.6 is 0 Å².